The van der Waals surface area contributed by atoms with E-state index in [1.54, 1.807) is 6.08 Å². The summed E-state index contributed by atoms with van der Waals surface area (Å²) in [4.78, 5) is 0. The van der Waals surface area contributed by atoms with Crippen LogP contribution in [0.5, 0.6) is 11.5 Å². The molecule has 3 nitrogen and oxygen atoms in total. The quantitative estimate of drug-likeness (QED) is 0.817. The molecule has 0 saturated heterocycles. The van der Waals surface area contributed by atoms with Gasteiger partial charge < -0.3 is 14.6 Å². The number of ether oxygens (including phenoxy) is 2. The minimum absolute atomic E-state index is 0.344. The van der Waals surface area contributed by atoms with E-state index in [1.165, 1.54) is 0 Å². The summed E-state index contributed by atoms with van der Waals surface area (Å²) in [6.45, 7) is 8.00. The van der Waals surface area contributed by atoms with Gasteiger partial charge in [0.25, 0.3) is 0 Å². The maximum atomic E-state index is 10.0. The van der Waals surface area contributed by atoms with Crippen LogP contribution < -0.4 is 9.47 Å². The Morgan fingerprint density at radius 2 is 2.35 bits per heavy atom. The van der Waals surface area contributed by atoms with Crippen LogP contribution in [0, 0.1) is 0 Å². The zero-order chi connectivity index (χ0) is 12.5. The fourth-order valence-electron chi connectivity index (χ4n) is 2.04. The van der Waals surface area contributed by atoms with Crippen molar-refractivity contribution >= 4 is 0 Å². The van der Waals surface area contributed by atoms with Crippen molar-refractivity contribution in [1.29, 1.82) is 0 Å². The molecule has 3 heteroatoms. The van der Waals surface area contributed by atoms with Crippen molar-refractivity contribution in [2.24, 2.45) is 0 Å². The highest BCUT2D eigenvalue weighted by atomic mass is 16.5. The molecule has 1 heterocycles. The van der Waals surface area contributed by atoms with Crippen LogP contribution in [-0.4, -0.2) is 17.3 Å². The number of fused-ring (bicyclic) bond motifs is 1. The van der Waals surface area contributed by atoms with E-state index in [-0.39, 0.29) is 5.60 Å². The minimum atomic E-state index is -0.470. The first-order valence-electron chi connectivity index (χ1n) is 5.76. The average molecular weight is 234 g/mol. The van der Waals surface area contributed by atoms with E-state index >= 15 is 0 Å². The van der Waals surface area contributed by atoms with Crippen molar-refractivity contribution in [3.63, 3.8) is 0 Å². The van der Waals surface area contributed by atoms with Crippen LogP contribution in [0.2, 0.25) is 0 Å². The largest absolute Gasteiger partial charge is 0.489 e. The molecule has 1 aliphatic rings. The van der Waals surface area contributed by atoms with Crippen LogP contribution in [-0.2, 0) is 0 Å². The Balaban J connectivity index is 2.28. The lowest BCUT2D eigenvalue weighted by Gasteiger charge is -2.35. The van der Waals surface area contributed by atoms with E-state index in [1.807, 2.05) is 32.0 Å². The zero-order valence-corrected chi connectivity index (χ0v) is 10.3. The van der Waals surface area contributed by atoms with Crippen LogP contribution >= 0.6 is 0 Å². The predicted molar refractivity (Wildman–Crippen MR) is 66.4 cm³/mol. The van der Waals surface area contributed by atoms with Crippen molar-refractivity contribution < 1.29 is 14.6 Å². The Bertz CT molecular complexity index is 423. The summed E-state index contributed by atoms with van der Waals surface area (Å²) in [7, 11) is 0. The van der Waals surface area contributed by atoms with Crippen molar-refractivity contribution in [2.45, 2.75) is 32.0 Å². The standard InChI is InChI=1S/C14H18O3/c1-4-7-16-10-5-6-11-12(15)9-14(2,3)17-13(11)8-10/h4-6,8,12,15H,1,7,9H2,2-3H3. The van der Waals surface area contributed by atoms with Gasteiger partial charge in [-0.1, -0.05) is 12.7 Å². The third-order valence-electron chi connectivity index (χ3n) is 2.78. The summed E-state index contributed by atoms with van der Waals surface area (Å²) in [5.74, 6) is 1.43. The van der Waals surface area contributed by atoms with E-state index in [4.69, 9.17) is 9.47 Å². The summed E-state index contributed by atoms with van der Waals surface area (Å²) in [5.41, 5.74) is 0.485. The highest BCUT2D eigenvalue weighted by Crippen LogP contribution is 2.40. The van der Waals surface area contributed by atoms with E-state index < -0.39 is 6.10 Å². The molecule has 0 bridgehead atoms. The van der Waals surface area contributed by atoms with Gasteiger partial charge in [0.05, 0.1) is 6.10 Å². The Morgan fingerprint density at radius 3 is 3.06 bits per heavy atom. The van der Waals surface area contributed by atoms with Gasteiger partial charge in [0.15, 0.2) is 0 Å². The van der Waals surface area contributed by atoms with Gasteiger partial charge in [-0.3, -0.25) is 0 Å². The molecule has 1 aromatic rings. The fraction of sp³-hybridized carbons (Fsp3) is 0.429. The van der Waals surface area contributed by atoms with Crippen molar-refractivity contribution in [1.82, 2.24) is 0 Å². The molecule has 0 amide bonds. The first-order valence-corrected chi connectivity index (χ1v) is 5.76. The van der Waals surface area contributed by atoms with Crippen LogP contribution in [0.1, 0.15) is 31.9 Å². The van der Waals surface area contributed by atoms with Gasteiger partial charge in [-0.15, -0.1) is 0 Å². The van der Waals surface area contributed by atoms with Gasteiger partial charge in [-0.2, -0.15) is 0 Å². The third kappa shape index (κ3) is 2.61. The SMILES string of the molecule is C=CCOc1ccc2c(c1)OC(C)(C)CC2O. The number of hydrogen-bond acceptors (Lipinski definition) is 3. The van der Waals surface area contributed by atoms with Crippen LogP contribution in [0.15, 0.2) is 30.9 Å². The van der Waals surface area contributed by atoms with E-state index in [2.05, 4.69) is 6.58 Å². The van der Waals surface area contributed by atoms with E-state index in [0.29, 0.717) is 18.8 Å². The lowest BCUT2D eigenvalue weighted by Crippen LogP contribution is -2.34. The Labute approximate surface area is 102 Å². The monoisotopic (exact) mass is 234 g/mol. The molecule has 1 unspecified atom stereocenters. The highest BCUT2D eigenvalue weighted by molar-refractivity contribution is 5.43. The molecule has 1 aliphatic heterocycles. The van der Waals surface area contributed by atoms with Gasteiger partial charge >= 0.3 is 0 Å². The van der Waals surface area contributed by atoms with E-state index in [9.17, 15) is 5.11 Å². The van der Waals surface area contributed by atoms with E-state index in [0.717, 1.165) is 11.3 Å². The molecule has 0 saturated carbocycles. The lowest BCUT2D eigenvalue weighted by molar-refractivity contribution is 0.0113. The second-order valence-corrected chi connectivity index (χ2v) is 4.88. The Hall–Kier alpha value is -1.48. The second kappa shape index (κ2) is 4.41. The summed E-state index contributed by atoms with van der Waals surface area (Å²) in [5, 5.41) is 10.0. The zero-order valence-electron chi connectivity index (χ0n) is 10.3. The molecule has 92 valence electrons. The molecule has 0 radical (unpaired) electrons. The number of hydrogen-bond donors (Lipinski definition) is 1. The molecule has 1 atom stereocenters. The Kier molecular flexibility index (Phi) is 3.11. The van der Waals surface area contributed by atoms with Gasteiger partial charge in [-0.05, 0) is 26.0 Å². The van der Waals surface area contributed by atoms with Crippen molar-refractivity contribution in [3.8, 4) is 11.5 Å². The topological polar surface area (TPSA) is 38.7 Å². The summed E-state index contributed by atoms with van der Waals surface area (Å²) in [6.07, 6.45) is 1.83. The first kappa shape index (κ1) is 12.0. The lowest BCUT2D eigenvalue weighted by atomic mass is 9.92. The third-order valence-corrected chi connectivity index (χ3v) is 2.78. The molecule has 0 aliphatic carbocycles. The van der Waals surface area contributed by atoms with Crippen LogP contribution in [0.25, 0.3) is 0 Å². The number of aliphatic hydroxyl groups is 1. The summed E-state index contributed by atoms with van der Waals surface area (Å²) < 4.78 is 11.3. The first-order chi connectivity index (χ1) is 8.02. The maximum absolute atomic E-state index is 10.0. The average Bonchev–Trinajstić information content (AvgIpc) is 2.24. The minimum Gasteiger partial charge on any atom is -0.489 e. The van der Waals surface area contributed by atoms with Crippen molar-refractivity contribution in [3.05, 3.63) is 36.4 Å². The van der Waals surface area contributed by atoms with Gasteiger partial charge in [0.2, 0.25) is 0 Å². The molecule has 1 aromatic carbocycles. The summed E-state index contributed by atoms with van der Waals surface area (Å²) in [6, 6.07) is 5.52. The van der Waals surface area contributed by atoms with Crippen LogP contribution in [0.3, 0.4) is 0 Å². The molecular formula is C14H18O3. The van der Waals surface area contributed by atoms with Crippen LogP contribution in [0.4, 0.5) is 0 Å². The predicted octanol–water partition coefficient (Wildman–Crippen LogP) is 2.85. The normalized spacial score (nSPS) is 21.2. The smallest absolute Gasteiger partial charge is 0.129 e. The fourth-order valence-corrected chi connectivity index (χ4v) is 2.04. The molecular weight excluding hydrogens is 216 g/mol. The number of aliphatic hydroxyl groups excluding tert-OH is 1. The molecule has 2 rings (SSSR count). The molecule has 1 N–H and O–H groups in total. The van der Waals surface area contributed by atoms with Gasteiger partial charge in [-0.25, -0.2) is 0 Å². The van der Waals surface area contributed by atoms with Gasteiger partial charge in [0.1, 0.15) is 23.7 Å². The number of rotatable bonds is 3. The second-order valence-electron chi connectivity index (χ2n) is 4.88. The Morgan fingerprint density at radius 1 is 1.59 bits per heavy atom. The van der Waals surface area contributed by atoms with Crippen molar-refractivity contribution in [2.75, 3.05) is 6.61 Å². The summed E-state index contributed by atoms with van der Waals surface area (Å²) >= 11 is 0. The maximum Gasteiger partial charge on any atom is 0.129 e. The highest BCUT2D eigenvalue weighted by Gasteiger charge is 2.32. The van der Waals surface area contributed by atoms with Gasteiger partial charge in [0, 0.05) is 18.1 Å². The molecule has 17 heavy (non-hydrogen) atoms. The molecule has 0 spiro atoms. The molecule has 0 fully saturated rings. The number of benzene rings is 1. The molecule has 0 aromatic heterocycles.